The van der Waals surface area contributed by atoms with Gasteiger partial charge in [0.15, 0.2) is 16.6 Å². The van der Waals surface area contributed by atoms with E-state index in [4.69, 9.17) is 33.3 Å². The second-order valence-electron chi connectivity index (χ2n) is 5.08. The van der Waals surface area contributed by atoms with Gasteiger partial charge in [0, 0.05) is 11.0 Å². The molecule has 0 fully saturated rings. The number of hydrogen-bond acceptors (Lipinski definition) is 3. The molecule has 4 nitrogen and oxygen atoms in total. The van der Waals surface area contributed by atoms with Crippen LogP contribution in [0.2, 0.25) is 5.02 Å². The molecular formula is C18H20BrClN2O2S. The van der Waals surface area contributed by atoms with Crippen molar-refractivity contribution in [3.05, 3.63) is 51.5 Å². The molecule has 0 bridgehead atoms. The summed E-state index contributed by atoms with van der Waals surface area (Å²) in [4.78, 5) is 0. The van der Waals surface area contributed by atoms with Crippen molar-refractivity contribution in [2.24, 2.45) is 0 Å². The van der Waals surface area contributed by atoms with Crippen molar-refractivity contribution >= 4 is 50.5 Å². The predicted molar refractivity (Wildman–Crippen MR) is 111 cm³/mol. The Balaban J connectivity index is 1.97. The maximum atomic E-state index is 6.18. The van der Waals surface area contributed by atoms with E-state index >= 15 is 0 Å². The summed E-state index contributed by atoms with van der Waals surface area (Å²) < 4.78 is 12.1. The van der Waals surface area contributed by atoms with E-state index in [-0.39, 0.29) is 0 Å². The van der Waals surface area contributed by atoms with Crippen LogP contribution in [-0.4, -0.2) is 18.3 Å². The van der Waals surface area contributed by atoms with Gasteiger partial charge in [-0.25, -0.2) is 0 Å². The Hall–Kier alpha value is -1.50. The molecule has 7 heteroatoms. The van der Waals surface area contributed by atoms with Gasteiger partial charge in [0.05, 0.1) is 23.9 Å². The van der Waals surface area contributed by atoms with Crippen molar-refractivity contribution in [1.82, 2.24) is 5.32 Å². The normalized spacial score (nSPS) is 10.2. The van der Waals surface area contributed by atoms with Gasteiger partial charge in [-0.15, -0.1) is 0 Å². The summed E-state index contributed by atoms with van der Waals surface area (Å²) in [6, 6.07) is 11.4. The molecule has 0 spiro atoms. The third-order valence-electron chi connectivity index (χ3n) is 3.24. The Labute approximate surface area is 167 Å². The molecule has 0 aliphatic rings. The minimum Gasteiger partial charge on any atom is -0.490 e. The molecule has 134 valence electrons. The van der Waals surface area contributed by atoms with Crippen LogP contribution in [-0.2, 0) is 6.54 Å². The van der Waals surface area contributed by atoms with Crippen molar-refractivity contribution < 1.29 is 9.47 Å². The molecule has 0 aliphatic heterocycles. The lowest BCUT2D eigenvalue weighted by atomic mass is 10.2. The smallest absolute Gasteiger partial charge is 0.171 e. The first-order valence-corrected chi connectivity index (χ1v) is 9.49. The summed E-state index contributed by atoms with van der Waals surface area (Å²) in [5, 5.41) is 7.35. The topological polar surface area (TPSA) is 42.5 Å². The third-order valence-corrected chi connectivity index (χ3v) is 4.29. The van der Waals surface area contributed by atoms with Crippen LogP contribution in [0, 0.1) is 0 Å². The van der Waals surface area contributed by atoms with E-state index in [1.165, 1.54) is 0 Å². The minimum atomic E-state index is 0.496. The Morgan fingerprint density at radius 1 is 1.08 bits per heavy atom. The predicted octanol–water partition coefficient (Wildman–Crippen LogP) is 5.39. The molecule has 0 amide bonds. The van der Waals surface area contributed by atoms with Crippen molar-refractivity contribution in [3.8, 4) is 11.5 Å². The van der Waals surface area contributed by atoms with Gasteiger partial charge in [-0.05, 0) is 62.0 Å². The molecule has 2 aromatic rings. The van der Waals surface area contributed by atoms with Gasteiger partial charge in [0.1, 0.15) is 0 Å². The molecule has 0 atom stereocenters. The first-order chi connectivity index (χ1) is 12.0. The van der Waals surface area contributed by atoms with Crippen LogP contribution in [0.1, 0.15) is 19.4 Å². The van der Waals surface area contributed by atoms with Crippen LogP contribution in [0.3, 0.4) is 0 Å². The molecule has 0 saturated carbocycles. The van der Waals surface area contributed by atoms with E-state index in [1.807, 2.05) is 50.2 Å². The number of ether oxygens (including phenoxy) is 2. The molecule has 2 aromatic carbocycles. The SMILES string of the molecule is CCOc1ccc(CNC(=S)Nc2ccc(Br)cc2Cl)cc1OCC. The molecule has 0 radical (unpaired) electrons. The Morgan fingerprint density at radius 2 is 1.80 bits per heavy atom. The monoisotopic (exact) mass is 442 g/mol. The summed E-state index contributed by atoms with van der Waals surface area (Å²) in [7, 11) is 0. The largest absolute Gasteiger partial charge is 0.490 e. The highest BCUT2D eigenvalue weighted by Crippen LogP contribution is 2.29. The zero-order chi connectivity index (χ0) is 18.2. The van der Waals surface area contributed by atoms with Gasteiger partial charge in [-0.1, -0.05) is 33.6 Å². The van der Waals surface area contributed by atoms with E-state index in [0.717, 1.165) is 27.2 Å². The summed E-state index contributed by atoms with van der Waals surface area (Å²) >= 11 is 14.9. The summed E-state index contributed by atoms with van der Waals surface area (Å²) in [6.07, 6.45) is 0. The highest BCUT2D eigenvalue weighted by atomic mass is 79.9. The summed E-state index contributed by atoms with van der Waals surface area (Å²) in [5.74, 6) is 1.48. The van der Waals surface area contributed by atoms with E-state index in [9.17, 15) is 0 Å². The number of anilines is 1. The zero-order valence-corrected chi connectivity index (χ0v) is 17.2. The minimum absolute atomic E-state index is 0.496. The maximum absolute atomic E-state index is 6.18. The lowest BCUT2D eigenvalue weighted by molar-refractivity contribution is 0.287. The van der Waals surface area contributed by atoms with Crippen molar-refractivity contribution in [2.45, 2.75) is 20.4 Å². The average Bonchev–Trinajstić information content (AvgIpc) is 2.58. The van der Waals surface area contributed by atoms with E-state index in [1.54, 1.807) is 0 Å². The number of thiocarbonyl (C=S) groups is 1. The number of benzene rings is 2. The van der Waals surface area contributed by atoms with Crippen LogP contribution < -0.4 is 20.1 Å². The van der Waals surface area contributed by atoms with E-state index < -0.39 is 0 Å². The number of halogens is 2. The Morgan fingerprint density at radius 3 is 2.48 bits per heavy atom. The van der Waals surface area contributed by atoms with Gasteiger partial charge >= 0.3 is 0 Å². The van der Waals surface area contributed by atoms with E-state index in [0.29, 0.717) is 29.9 Å². The van der Waals surface area contributed by atoms with Crippen LogP contribution in [0.4, 0.5) is 5.69 Å². The quantitative estimate of drug-likeness (QED) is 0.562. The summed E-state index contributed by atoms with van der Waals surface area (Å²) in [6.45, 7) is 5.63. The van der Waals surface area contributed by atoms with Crippen LogP contribution in [0.15, 0.2) is 40.9 Å². The number of nitrogens with one attached hydrogen (secondary N) is 2. The first-order valence-electron chi connectivity index (χ1n) is 7.92. The molecule has 2 N–H and O–H groups in total. The van der Waals surface area contributed by atoms with Gasteiger partial charge < -0.3 is 20.1 Å². The molecule has 25 heavy (non-hydrogen) atoms. The molecular weight excluding hydrogens is 424 g/mol. The number of rotatable bonds is 7. The Kier molecular flexibility index (Phi) is 7.81. The summed E-state index contributed by atoms with van der Waals surface area (Å²) in [5.41, 5.74) is 1.79. The standard InChI is InChI=1S/C18H20BrClN2O2S/c1-3-23-16-8-5-12(9-17(16)24-4-2)11-21-18(25)22-15-7-6-13(19)10-14(15)20/h5-10H,3-4,11H2,1-2H3,(H2,21,22,25). The fourth-order valence-electron chi connectivity index (χ4n) is 2.15. The zero-order valence-electron chi connectivity index (χ0n) is 14.1. The highest BCUT2D eigenvalue weighted by molar-refractivity contribution is 9.10. The Bertz CT molecular complexity index is 743. The second kappa shape index (κ2) is 9.85. The van der Waals surface area contributed by atoms with Crippen LogP contribution in [0.5, 0.6) is 11.5 Å². The van der Waals surface area contributed by atoms with Crippen molar-refractivity contribution in [1.29, 1.82) is 0 Å². The second-order valence-corrected chi connectivity index (χ2v) is 6.81. The fourth-order valence-corrected chi connectivity index (χ4v) is 3.05. The van der Waals surface area contributed by atoms with Gasteiger partial charge in [-0.3, -0.25) is 0 Å². The van der Waals surface area contributed by atoms with Crippen molar-refractivity contribution in [2.75, 3.05) is 18.5 Å². The van der Waals surface area contributed by atoms with E-state index in [2.05, 4.69) is 26.6 Å². The number of hydrogen-bond donors (Lipinski definition) is 2. The molecule has 0 heterocycles. The fraction of sp³-hybridized carbons (Fsp3) is 0.278. The van der Waals surface area contributed by atoms with Gasteiger partial charge in [0.25, 0.3) is 0 Å². The molecule has 0 saturated heterocycles. The molecule has 0 aliphatic carbocycles. The molecule has 2 rings (SSSR count). The van der Waals surface area contributed by atoms with Crippen LogP contribution in [0.25, 0.3) is 0 Å². The molecule has 0 unspecified atom stereocenters. The molecule has 0 aromatic heterocycles. The van der Waals surface area contributed by atoms with Gasteiger partial charge in [-0.2, -0.15) is 0 Å². The maximum Gasteiger partial charge on any atom is 0.171 e. The lowest BCUT2D eigenvalue weighted by Crippen LogP contribution is -2.28. The highest BCUT2D eigenvalue weighted by Gasteiger charge is 2.07. The van der Waals surface area contributed by atoms with Gasteiger partial charge in [0.2, 0.25) is 0 Å². The van der Waals surface area contributed by atoms with Crippen LogP contribution >= 0.6 is 39.7 Å². The average molecular weight is 444 g/mol. The third kappa shape index (κ3) is 6.06. The lowest BCUT2D eigenvalue weighted by Gasteiger charge is -2.14. The van der Waals surface area contributed by atoms with Crippen molar-refractivity contribution in [3.63, 3.8) is 0 Å². The first kappa shape index (κ1) is 19.8.